The van der Waals surface area contributed by atoms with E-state index in [1.165, 1.54) is 7.11 Å². The third-order valence-corrected chi connectivity index (χ3v) is 4.00. The molecule has 1 aromatic heterocycles. The lowest BCUT2D eigenvalue weighted by atomic mass is 10.1. The largest absolute Gasteiger partial charge is 0.496 e. The van der Waals surface area contributed by atoms with Gasteiger partial charge in [0.15, 0.2) is 5.96 Å². The van der Waals surface area contributed by atoms with Crippen LogP contribution in [0.2, 0.25) is 0 Å². The number of hydrogen-bond donors (Lipinski definition) is 2. The second kappa shape index (κ2) is 9.66. The molecule has 2 N–H and O–H groups in total. The number of esters is 1. The van der Waals surface area contributed by atoms with Crippen molar-refractivity contribution in [2.75, 3.05) is 20.8 Å². The molecule has 0 unspecified atom stereocenters. The Balaban J connectivity index is 2.07. The molecule has 0 saturated carbocycles. The van der Waals surface area contributed by atoms with Gasteiger partial charge in [0, 0.05) is 12.1 Å². The molecule has 0 aliphatic heterocycles. The second-order valence-corrected chi connectivity index (χ2v) is 6.04. The summed E-state index contributed by atoms with van der Waals surface area (Å²) in [5.41, 5.74) is 2.57. The van der Waals surface area contributed by atoms with Crippen LogP contribution in [-0.4, -0.2) is 32.7 Å². The predicted octanol–water partition coefficient (Wildman–Crippen LogP) is 2.95. The van der Waals surface area contributed by atoms with Crippen molar-refractivity contribution in [2.45, 2.75) is 33.9 Å². The predicted molar refractivity (Wildman–Crippen MR) is 104 cm³/mol. The number of aliphatic imine (C=N–C) groups is 1. The monoisotopic (exact) mass is 373 g/mol. The minimum Gasteiger partial charge on any atom is -0.496 e. The van der Waals surface area contributed by atoms with Crippen LogP contribution in [0.3, 0.4) is 0 Å². The van der Waals surface area contributed by atoms with Crippen molar-refractivity contribution < 1.29 is 18.7 Å². The Labute approximate surface area is 159 Å². The molecule has 0 atom stereocenters. The van der Waals surface area contributed by atoms with E-state index in [4.69, 9.17) is 13.9 Å². The van der Waals surface area contributed by atoms with E-state index in [1.807, 2.05) is 32.0 Å². The zero-order valence-corrected chi connectivity index (χ0v) is 16.5. The van der Waals surface area contributed by atoms with Crippen molar-refractivity contribution in [2.24, 2.45) is 4.99 Å². The molecule has 0 bridgehead atoms. The standard InChI is InChI=1S/C20H27N3O4/c1-6-21-20(22-11-15-8-7-13(2)9-18(15)25-4)23-12-16-10-17(14(3)27-16)19(24)26-5/h7-10H,6,11-12H2,1-5H3,(H2,21,22,23). The molecule has 0 radical (unpaired) electrons. The van der Waals surface area contributed by atoms with Crippen molar-refractivity contribution in [3.05, 3.63) is 52.5 Å². The molecule has 0 aliphatic rings. The summed E-state index contributed by atoms with van der Waals surface area (Å²) in [4.78, 5) is 16.3. The quantitative estimate of drug-likeness (QED) is 0.441. The number of nitrogens with one attached hydrogen (secondary N) is 2. The number of nitrogens with zero attached hydrogens (tertiary/aromatic N) is 1. The number of furan rings is 1. The number of methoxy groups -OCH3 is 2. The lowest BCUT2D eigenvalue weighted by Crippen LogP contribution is -2.36. The van der Waals surface area contributed by atoms with Gasteiger partial charge in [0.2, 0.25) is 0 Å². The first-order chi connectivity index (χ1) is 13.0. The highest BCUT2D eigenvalue weighted by Gasteiger charge is 2.15. The average Bonchev–Trinajstić information content (AvgIpc) is 3.04. The Hall–Kier alpha value is -2.96. The molecule has 7 heteroatoms. The van der Waals surface area contributed by atoms with Crippen molar-refractivity contribution >= 4 is 11.9 Å². The van der Waals surface area contributed by atoms with Gasteiger partial charge < -0.3 is 24.5 Å². The van der Waals surface area contributed by atoms with E-state index in [0.717, 1.165) is 23.4 Å². The number of hydrogen-bond acceptors (Lipinski definition) is 5. The van der Waals surface area contributed by atoms with Crippen molar-refractivity contribution in [3.8, 4) is 5.75 Å². The van der Waals surface area contributed by atoms with Crippen molar-refractivity contribution in [3.63, 3.8) is 0 Å². The molecular weight excluding hydrogens is 346 g/mol. The third-order valence-electron chi connectivity index (χ3n) is 4.00. The molecule has 0 spiro atoms. The third kappa shape index (κ3) is 5.51. The summed E-state index contributed by atoms with van der Waals surface area (Å²) in [6.07, 6.45) is 0. The van der Waals surface area contributed by atoms with Crippen molar-refractivity contribution in [1.82, 2.24) is 10.6 Å². The van der Waals surface area contributed by atoms with Crippen LogP contribution in [0.4, 0.5) is 0 Å². The lowest BCUT2D eigenvalue weighted by molar-refractivity contribution is 0.0599. The van der Waals surface area contributed by atoms with Crippen LogP contribution in [0.1, 0.15) is 39.9 Å². The molecule has 27 heavy (non-hydrogen) atoms. The maximum Gasteiger partial charge on any atom is 0.341 e. The van der Waals surface area contributed by atoms with E-state index < -0.39 is 5.97 Å². The Kier molecular flexibility index (Phi) is 7.28. The minimum atomic E-state index is -0.408. The summed E-state index contributed by atoms with van der Waals surface area (Å²) in [6.45, 7) is 7.35. The number of guanidine groups is 1. The van der Waals surface area contributed by atoms with Gasteiger partial charge in [-0.2, -0.15) is 0 Å². The average molecular weight is 373 g/mol. The fraction of sp³-hybridized carbons (Fsp3) is 0.400. The minimum absolute atomic E-state index is 0.398. The van der Waals surface area contributed by atoms with Crippen LogP contribution in [0.25, 0.3) is 0 Å². The van der Waals surface area contributed by atoms with Gasteiger partial charge in [-0.15, -0.1) is 0 Å². The Morgan fingerprint density at radius 1 is 1.19 bits per heavy atom. The molecule has 2 rings (SSSR count). The number of rotatable bonds is 7. The Bertz CT molecular complexity index is 812. The van der Waals surface area contributed by atoms with E-state index >= 15 is 0 Å². The number of carbonyl (C=O) groups is 1. The molecule has 2 aromatic rings. The Morgan fingerprint density at radius 3 is 2.63 bits per heavy atom. The molecule has 1 aromatic carbocycles. The second-order valence-electron chi connectivity index (χ2n) is 6.04. The fourth-order valence-corrected chi connectivity index (χ4v) is 2.60. The van der Waals surface area contributed by atoms with Gasteiger partial charge in [0.25, 0.3) is 0 Å². The summed E-state index contributed by atoms with van der Waals surface area (Å²) in [7, 11) is 3.01. The van der Waals surface area contributed by atoms with Gasteiger partial charge >= 0.3 is 5.97 Å². The fourth-order valence-electron chi connectivity index (χ4n) is 2.60. The van der Waals surface area contributed by atoms with Gasteiger partial charge in [0.1, 0.15) is 22.8 Å². The van der Waals surface area contributed by atoms with Crippen LogP contribution in [-0.2, 0) is 17.8 Å². The topological polar surface area (TPSA) is 85.1 Å². The number of carbonyl (C=O) groups excluding carboxylic acids is 1. The van der Waals surface area contributed by atoms with Gasteiger partial charge in [-0.05, 0) is 38.5 Å². The number of benzene rings is 1. The maximum absolute atomic E-state index is 11.7. The summed E-state index contributed by atoms with van der Waals surface area (Å²) in [5, 5.41) is 6.40. The van der Waals surface area contributed by atoms with E-state index in [1.54, 1.807) is 20.1 Å². The molecule has 0 aliphatic carbocycles. The van der Waals surface area contributed by atoms with Crippen LogP contribution in [0, 0.1) is 13.8 Å². The van der Waals surface area contributed by atoms with Crippen molar-refractivity contribution in [1.29, 1.82) is 0 Å². The highest BCUT2D eigenvalue weighted by Crippen LogP contribution is 2.20. The zero-order chi connectivity index (χ0) is 19.8. The van der Waals surface area contributed by atoms with Gasteiger partial charge in [-0.25, -0.2) is 9.79 Å². The van der Waals surface area contributed by atoms with Crippen LogP contribution < -0.4 is 15.4 Å². The van der Waals surface area contributed by atoms with Gasteiger partial charge in [0.05, 0.1) is 27.3 Å². The summed E-state index contributed by atoms with van der Waals surface area (Å²) in [6, 6.07) is 7.72. The van der Waals surface area contributed by atoms with Gasteiger partial charge in [-0.1, -0.05) is 12.1 Å². The van der Waals surface area contributed by atoms with Crippen LogP contribution >= 0.6 is 0 Å². The van der Waals surface area contributed by atoms with E-state index in [9.17, 15) is 4.79 Å². The van der Waals surface area contributed by atoms with Crippen LogP contribution in [0.15, 0.2) is 33.7 Å². The normalized spacial score (nSPS) is 11.2. The first-order valence-corrected chi connectivity index (χ1v) is 8.81. The molecule has 0 amide bonds. The van der Waals surface area contributed by atoms with E-state index in [0.29, 0.717) is 36.1 Å². The highest BCUT2D eigenvalue weighted by molar-refractivity contribution is 5.90. The van der Waals surface area contributed by atoms with Crippen LogP contribution in [0.5, 0.6) is 5.75 Å². The molecular formula is C20H27N3O4. The summed E-state index contributed by atoms with van der Waals surface area (Å²) < 4.78 is 15.8. The smallest absolute Gasteiger partial charge is 0.341 e. The SMILES string of the molecule is CCNC(=NCc1ccc(C)cc1OC)NCc1cc(C(=O)OC)c(C)o1. The van der Waals surface area contributed by atoms with Gasteiger partial charge in [-0.3, -0.25) is 0 Å². The highest BCUT2D eigenvalue weighted by atomic mass is 16.5. The lowest BCUT2D eigenvalue weighted by Gasteiger charge is -2.11. The molecule has 7 nitrogen and oxygen atoms in total. The molecule has 1 heterocycles. The number of aryl methyl sites for hydroxylation is 2. The molecule has 146 valence electrons. The molecule has 0 saturated heterocycles. The van der Waals surface area contributed by atoms with E-state index in [-0.39, 0.29) is 0 Å². The zero-order valence-electron chi connectivity index (χ0n) is 16.5. The first-order valence-electron chi connectivity index (χ1n) is 8.81. The van der Waals surface area contributed by atoms with E-state index in [2.05, 4.69) is 15.6 Å². The summed E-state index contributed by atoms with van der Waals surface area (Å²) >= 11 is 0. The molecule has 0 fully saturated rings. The number of ether oxygens (including phenoxy) is 2. The summed E-state index contributed by atoms with van der Waals surface area (Å²) in [5.74, 6) is 2.22. The Morgan fingerprint density at radius 2 is 1.96 bits per heavy atom. The first kappa shape index (κ1) is 20.4. The maximum atomic E-state index is 11.7.